The molecule has 8 nitrogen and oxygen atoms in total. The Bertz CT molecular complexity index is 1590. The molecule has 0 aliphatic carbocycles. The number of aromatic nitrogens is 1. The molecule has 3 aromatic rings. The normalized spacial score (nSPS) is 15.3. The number of benzene rings is 2. The molecule has 1 aliphatic heterocycles. The van der Waals surface area contributed by atoms with E-state index in [1.54, 1.807) is 44.8 Å². The van der Waals surface area contributed by atoms with E-state index in [0.29, 0.717) is 47.9 Å². The van der Waals surface area contributed by atoms with Crippen molar-refractivity contribution < 1.29 is 23.7 Å². The largest absolute Gasteiger partial charge is 0.493 e. The number of hydrogen-bond acceptors (Lipinski definition) is 8. The number of carbonyl (C=O) groups excluding carboxylic acids is 1. The van der Waals surface area contributed by atoms with Crippen molar-refractivity contribution in [3.63, 3.8) is 0 Å². The van der Waals surface area contributed by atoms with Gasteiger partial charge in [0.2, 0.25) is 0 Å². The zero-order valence-corrected chi connectivity index (χ0v) is 24.4. The molecule has 2 heterocycles. The maximum atomic E-state index is 13.9. The molecule has 1 aliphatic rings. The number of allylic oxidation sites excluding steroid dienone is 1. The van der Waals surface area contributed by atoms with Crippen LogP contribution >= 0.6 is 27.3 Å². The molecule has 4 rings (SSSR count). The Balaban J connectivity index is 1.98. The van der Waals surface area contributed by atoms with Crippen molar-refractivity contribution in [1.82, 2.24) is 4.57 Å². The van der Waals surface area contributed by atoms with E-state index in [9.17, 15) is 9.59 Å². The average molecular weight is 602 g/mol. The minimum Gasteiger partial charge on any atom is -0.493 e. The van der Waals surface area contributed by atoms with E-state index in [4.69, 9.17) is 18.9 Å². The van der Waals surface area contributed by atoms with Gasteiger partial charge in [0.05, 0.1) is 47.2 Å². The topological polar surface area (TPSA) is 88.4 Å². The Hall–Kier alpha value is -3.37. The molecule has 0 fully saturated rings. The number of rotatable bonds is 8. The Morgan fingerprint density at radius 2 is 1.92 bits per heavy atom. The van der Waals surface area contributed by atoms with Gasteiger partial charge < -0.3 is 18.9 Å². The summed E-state index contributed by atoms with van der Waals surface area (Å²) in [6, 6.07) is 10.3. The average Bonchev–Trinajstić information content (AvgIpc) is 3.17. The van der Waals surface area contributed by atoms with Crippen LogP contribution < -0.4 is 29.1 Å². The number of hydrogen-bond donors (Lipinski definition) is 0. The van der Waals surface area contributed by atoms with E-state index < -0.39 is 12.0 Å². The van der Waals surface area contributed by atoms with Gasteiger partial charge in [-0.2, -0.15) is 0 Å². The molecule has 2 aromatic carbocycles. The monoisotopic (exact) mass is 600 g/mol. The lowest BCUT2D eigenvalue weighted by Crippen LogP contribution is -2.40. The van der Waals surface area contributed by atoms with Crippen molar-refractivity contribution in [3.05, 3.63) is 83.0 Å². The molecule has 200 valence electrons. The number of esters is 1. The van der Waals surface area contributed by atoms with Gasteiger partial charge in [-0.1, -0.05) is 29.5 Å². The van der Waals surface area contributed by atoms with E-state index in [0.717, 1.165) is 5.56 Å². The van der Waals surface area contributed by atoms with Gasteiger partial charge in [-0.3, -0.25) is 9.36 Å². The van der Waals surface area contributed by atoms with Gasteiger partial charge in [-0.05, 0) is 73.5 Å². The van der Waals surface area contributed by atoms with E-state index in [1.165, 1.54) is 11.3 Å². The fourth-order valence-corrected chi connectivity index (χ4v) is 5.99. The van der Waals surface area contributed by atoms with Gasteiger partial charge in [0.15, 0.2) is 16.3 Å². The summed E-state index contributed by atoms with van der Waals surface area (Å²) in [7, 11) is 3.11. The highest BCUT2D eigenvalue weighted by atomic mass is 79.9. The molecule has 0 N–H and O–H groups in total. The number of halogens is 1. The molecule has 10 heteroatoms. The van der Waals surface area contributed by atoms with Gasteiger partial charge in [-0.15, -0.1) is 0 Å². The van der Waals surface area contributed by atoms with E-state index in [-0.39, 0.29) is 18.3 Å². The van der Waals surface area contributed by atoms with Crippen molar-refractivity contribution in [3.8, 4) is 17.2 Å². The molecule has 38 heavy (non-hydrogen) atoms. The second-order valence-corrected chi connectivity index (χ2v) is 10.6. The SMILES string of the molecule is CCOC(=O)C1=C(C)N=c2s/c(=C\c3cc(Br)c(OC)c(OC)c3)c(=O)n2[C@@H]1c1ccccc1OC(C)C. The van der Waals surface area contributed by atoms with Crippen LogP contribution in [0.25, 0.3) is 6.08 Å². The summed E-state index contributed by atoms with van der Waals surface area (Å²) < 4.78 is 25.0. The van der Waals surface area contributed by atoms with Crippen LogP contribution in [0, 0.1) is 0 Å². The fourth-order valence-electron chi connectivity index (χ4n) is 4.33. The number of thiazole rings is 1. The standard InChI is InChI=1S/C28H29BrN2O6S/c1-7-36-27(33)23-16(4)30-28-31(24(23)18-10-8-9-11-20(18)37-15(2)3)26(32)22(38-28)14-17-12-19(29)25(35-6)21(13-17)34-5/h8-15,24H,7H2,1-6H3/b22-14-/t24-/m1/s1. The predicted molar refractivity (Wildman–Crippen MR) is 150 cm³/mol. The van der Waals surface area contributed by atoms with E-state index in [2.05, 4.69) is 20.9 Å². The molecule has 0 saturated carbocycles. The lowest BCUT2D eigenvalue weighted by molar-refractivity contribution is -0.139. The molecule has 0 unspecified atom stereocenters. The quantitative estimate of drug-likeness (QED) is 0.357. The highest BCUT2D eigenvalue weighted by Gasteiger charge is 2.35. The van der Waals surface area contributed by atoms with Crippen LogP contribution in [-0.4, -0.2) is 37.5 Å². The zero-order valence-electron chi connectivity index (χ0n) is 22.0. The Morgan fingerprint density at radius 1 is 1.18 bits per heavy atom. The minimum atomic E-state index is -0.764. The van der Waals surface area contributed by atoms with Gasteiger partial charge in [0.25, 0.3) is 5.56 Å². The summed E-state index contributed by atoms with van der Waals surface area (Å²) in [6.07, 6.45) is 1.67. The fraction of sp³-hybridized carbons (Fsp3) is 0.321. The Labute approximate surface area is 233 Å². The molecule has 0 spiro atoms. The third-order valence-electron chi connectivity index (χ3n) is 5.85. The molecule has 0 saturated heterocycles. The van der Waals surface area contributed by atoms with Gasteiger partial charge in [0.1, 0.15) is 11.8 Å². The van der Waals surface area contributed by atoms with Gasteiger partial charge >= 0.3 is 5.97 Å². The number of carbonyl (C=O) groups is 1. The highest BCUT2D eigenvalue weighted by Crippen LogP contribution is 2.37. The van der Waals surface area contributed by atoms with Crippen molar-refractivity contribution >= 4 is 39.3 Å². The van der Waals surface area contributed by atoms with E-state index >= 15 is 0 Å². The maximum absolute atomic E-state index is 13.9. The molecule has 0 amide bonds. The van der Waals surface area contributed by atoms with Crippen molar-refractivity contribution in [1.29, 1.82) is 0 Å². The number of methoxy groups -OCH3 is 2. The van der Waals surface area contributed by atoms with Crippen molar-refractivity contribution in [2.24, 2.45) is 4.99 Å². The smallest absolute Gasteiger partial charge is 0.338 e. The predicted octanol–water partition coefficient (Wildman–Crippen LogP) is 4.37. The second-order valence-electron chi connectivity index (χ2n) is 8.74. The number of fused-ring (bicyclic) bond motifs is 1. The lowest BCUT2D eigenvalue weighted by Gasteiger charge is -2.26. The van der Waals surface area contributed by atoms with Crippen LogP contribution in [0.4, 0.5) is 0 Å². The third-order valence-corrected chi connectivity index (χ3v) is 7.42. The van der Waals surface area contributed by atoms with Crippen LogP contribution in [0.2, 0.25) is 0 Å². The third kappa shape index (κ3) is 5.28. The number of ether oxygens (including phenoxy) is 4. The first-order chi connectivity index (χ1) is 18.2. The summed E-state index contributed by atoms with van der Waals surface area (Å²) >= 11 is 4.76. The number of nitrogens with zero attached hydrogens (tertiary/aromatic N) is 2. The maximum Gasteiger partial charge on any atom is 0.338 e. The zero-order chi connectivity index (χ0) is 27.6. The summed E-state index contributed by atoms with van der Waals surface area (Å²) in [5.74, 6) is 1.15. The molecule has 1 atom stereocenters. The van der Waals surface area contributed by atoms with Crippen molar-refractivity contribution in [2.75, 3.05) is 20.8 Å². The van der Waals surface area contributed by atoms with Crippen LogP contribution in [-0.2, 0) is 9.53 Å². The molecular weight excluding hydrogens is 572 g/mol. The Kier molecular flexibility index (Phi) is 8.42. The molecule has 1 aromatic heterocycles. The van der Waals surface area contributed by atoms with Crippen LogP contribution in [0.15, 0.2) is 61.9 Å². The van der Waals surface area contributed by atoms with E-state index in [1.807, 2.05) is 44.2 Å². The summed E-state index contributed by atoms with van der Waals surface area (Å²) in [5, 5.41) is 0. The Morgan fingerprint density at radius 3 is 2.58 bits per heavy atom. The van der Waals surface area contributed by atoms with Crippen LogP contribution in [0.3, 0.4) is 0 Å². The molecule has 0 bridgehead atoms. The van der Waals surface area contributed by atoms with Crippen LogP contribution in [0.1, 0.15) is 44.9 Å². The molecular formula is C28H29BrN2O6S. The van der Waals surface area contributed by atoms with Crippen molar-refractivity contribution in [2.45, 2.75) is 39.8 Å². The van der Waals surface area contributed by atoms with Crippen LogP contribution in [0.5, 0.6) is 17.2 Å². The first-order valence-electron chi connectivity index (χ1n) is 12.1. The minimum absolute atomic E-state index is 0.105. The summed E-state index contributed by atoms with van der Waals surface area (Å²) in [4.78, 5) is 32.2. The first-order valence-corrected chi connectivity index (χ1v) is 13.7. The van der Waals surface area contributed by atoms with Gasteiger partial charge in [0, 0.05) is 5.56 Å². The molecule has 0 radical (unpaired) electrons. The number of para-hydroxylation sites is 1. The summed E-state index contributed by atoms with van der Waals surface area (Å²) in [5.41, 5.74) is 1.94. The lowest BCUT2D eigenvalue weighted by atomic mass is 9.95. The highest BCUT2D eigenvalue weighted by molar-refractivity contribution is 9.10. The second kappa shape index (κ2) is 11.6. The first kappa shape index (κ1) is 27.7. The summed E-state index contributed by atoms with van der Waals surface area (Å²) in [6.45, 7) is 7.56. The van der Waals surface area contributed by atoms with Gasteiger partial charge in [-0.25, -0.2) is 9.79 Å².